The molecule has 1 atom stereocenters. The Hall–Kier alpha value is -3.62. The highest BCUT2D eigenvalue weighted by atomic mass is 16.6. The first-order valence-electron chi connectivity index (χ1n) is 11.2. The second-order valence-corrected chi connectivity index (χ2v) is 8.60. The van der Waals surface area contributed by atoms with Gasteiger partial charge in [-0.2, -0.15) is 0 Å². The van der Waals surface area contributed by atoms with Gasteiger partial charge in [0, 0.05) is 19.2 Å². The van der Waals surface area contributed by atoms with Gasteiger partial charge < -0.3 is 19.9 Å². The van der Waals surface area contributed by atoms with E-state index >= 15 is 0 Å². The van der Waals surface area contributed by atoms with Gasteiger partial charge in [-0.15, -0.1) is 0 Å². The summed E-state index contributed by atoms with van der Waals surface area (Å²) in [6, 6.07) is 10.4. The molecule has 9 heteroatoms. The van der Waals surface area contributed by atoms with Crippen molar-refractivity contribution < 1.29 is 19.2 Å². The van der Waals surface area contributed by atoms with Crippen LogP contribution >= 0.6 is 0 Å². The number of hydrogen-bond acceptors (Lipinski definition) is 6. The first-order valence-corrected chi connectivity index (χ1v) is 11.2. The maximum atomic E-state index is 13.1. The zero-order valence-corrected chi connectivity index (χ0v) is 18.9. The molecule has 1 saturated heterocycles. The number of ether oxygens (including phenoxy) is 1. The monoisotopic (exact) mass is 452 g/mol. The third-order valence-electron chi connectivity index (χ3n) is 6.22. The predicted octanol–water partition coefficient (Wildman–Crippen LogP) is 3.43. The highest BCUT2D eigenvalue weighted by molar-refractivity contribution is 5.97. The number of likely N-dealkylation sites (tertiary alicyclic amines) is 1. The van der Waals surface area contributed by atoms with Crippen LogP contribution in [0.25, 0.3) is 0 Å². The van der Waals surface area contributed by atoms with Crippen LogP contribution in [0.1, 0.15) is 30.4 Å². The van der Waals surface area contributed by atoms with E-state index in [-0.39, 0.29) is 30.4 Å². The fourth-order valence-corrected chi connectivity index (χ4v) is 4.32. The van der Waals surface area contributed by atoms with Crippen molar-refractivity contribution in [3.63, 3.8) is 0 Å². The van der Waals surface area contributed by atoms with Gasteiger partial charge in [-0.05, 0) is 62.4 Å². The minimum Gasteiger partial charge on any atom is -0.477 e. The second kappa shape index (κ2) is 9.48. The molecule has 2 aliphatic rings. The van der Waals surface area contributed by atoms with E-state index < -0.39 is 16.9 Å². The predicted molar refractivity (Wildman–Crippen MR) is 125 cm³/mol. The van der Waals surface area contributed by atoms with Crippen molar-refractivity contribution in [2.45, 2.75) is 39.2 Å². The Morgan fingerprint density at radius 2 is 1.82 bits per heavy atom. The minimum absolute atomic E-state index is 0.0613. The third kappa shape index (κ3) is 4.92. The number of carbonyl (C=O) groups is 2. The van der Waals surface area contributed by atoms with E-state index in [0.717, 1.165) is 43.5 Å². The lowest BCUT2D eigenvalue weighted by Crippen LogP contribution is -2.52. The molecule has 2 amide bonds. The van der Waals surface area contributed by atoms with Gasteiger partial charge in [0.2, 0.25) is 5.91 Å². The van der Waals surface area contributed by atoms with Gasteiger partial charge in [-0.3, -0.25) is 19.7 Å². The summed E-state index contributed by atoms with van der Waals surface area (Å²) in [5.74, 6) is 0.0747. The number of piperidine rings is 1. The quantitative estimate of drug-likeness (QED) is 0.550. The molecular formula is C24H28N4O5. The molecule has 2 aromatic carbocycles. The second-order valence-electron chi connectivity index (χ2n) is 8.60. The normalized spacial score (nSPS) is 17.7. The maximum absolute atomic E-state index is 13.1. The number of benzene rings is 2. The molecule has 0 bridgehead atoms. The number of para-hydroxylation sites is 2. The molecule has 174 valence electrons. The van der Waals surface area contributed by atoms with E-state index in [1.165, 1.54) is 6.07 Å². The van der Waals surface area contributed by atoms with E-state index in [1.54, 1.807) is 24.0 Å². The van der Waals surface area contributed by atoms with E-state index in [1.807, 2.05) is 30.0 Å². The summed E-state index contributed by atoms with van der Waals surface area (Å²) in [7, 11) is 0. The van der Waals surface area contributed by atoms with Gasteiger partial charge in [0.15, 0.2) is 6.10 Å². The van der Waals surface area contributed by atoms with Crippen molar-refractivity contribution in [1.29, 1.82) is 0 Å². The highest BCUT2D eigenvalue weighted by Gasteiger charge is 2.34. The lowest BCUT2D eigenvalue weighted by atomic mass is 10.1. The molecule has 0 spiro atoms. The third-order valence-corrected chi connectivity index (χ3v) is 6.22. The number of rotatable bonds is 5. The van der Waals surface area contributed by atoms with E-state index in [4.69, 9.17) is 4.74 Å². The highest BCUT2D eigenvalue weighted by Crippen LogP contribution is 2.34. The molecule has 1 fully saturated rings. The van der Waals surface area contributed by atoms with Crippen molar-refractivity contribution >= 4 is 28.9 Å². The maximum Gasteiger partial charge on any atom is 0.293 e. The smallest absolute Gasteiger partial charge is 0.293 e. The number of carbonyl (C=O) groups excluding carboxylic acids is 2. The molecule has 9 nitrogen and oxygen atoms in total. The van der Waals surface area contributed by atoms with Crippen LogP contribution in [0.4, 0.5) is 17.1 Å². The number of aryl methyl sites for hydroxylation is 2. The molecule has 2 aliphatic heterocycles. The Bertz CT molecular complexity index is 1080. The summed E-state index contributed by atoms with van der Waals surface area (Å²) in [5, 5.41) is 14.2. The summed E-state index contributed by atoms with van der Waals surface area (Å²) in [6.45, 7) is 5.24. The Morgan fingerprint density at radius 3 is 2.55 bits per heavy atom. The van der Waals surface area contributed by atoms with Crippen molar-refractivity contribution in [3.8, 4) is 5.75 Å². The summed E-state index contributed by atoms with van der Waals surface area (Å²) in [4.78, 5) is 40.6. The molecule has 1 unspecified atom stereocenters. The SMILES string of the molecule is Cc1cc(NC(=O)CN2CC(C(=O)N3CCCCC3)Oc3ccccc32)c([N+](=O)[O-])cc1C. The van der Waals surface area contributed by atoms with Gasteiger partial charge >= 0.3 is 0 Å². The molecule has 2 aromatic rings. The van der Waals surface area contributed by atoms with Crippen molar-refractivity contribution in [1.82, 2.24) is 4.90 Å². The summed E-state index contributed by atoms with van der Waals surface area (Å²) < 4.78 is 6.00. The molecule has 2 heterocycles. The van der Waals surface area contributed by atoms with Crippen LogP contribution < -0.4 is 15.0 Å². The van der Waals surface area contributed by atoms with E-state index in [9.17, 15) is 19.7 Å². The first-order chi connectivity index (χ1) is 15.8. The van der Waals surface area contributed by atoms with Crippen LogP contribution in [0.2, 0.25) is 0 Å². The van der Waals surface area contributed by atoms with Crippen LogP contribution in [-0.4, -0.2) is 53.9 Å². The van der Waals surface area contributed by atoms with E-state index in [2.05, 4.69) is 5.32 Å². The zero-order chi connectivity index (χ0) is 23.5. The molecule has 0 aliphatic carbocycles. The number of nitro benzene ring substituents is 1. The number of nitrogens with one attached hydrogen (secondary N) is 1. The number of nitro groups is 1. The van der Waals surface area contributed by atoms with E-state index in [0.29, 0.717) is 11.4 Å². The van der Waals surface area contributed by atoms with Crippen molar-refractivity contribution in [2.24, 2.45) is 0 Å². The lowest BCUT2D eigenvalue weighted by molar-refractivity contribution is -0.384. The number of amides is 2. The van der Waals surface area contributed by atoms with Gasteiger partial charge in [-0.1, -0.05) is 12.1 Å². The topological polar surface area (TPSA) is 105 Å². The fourth-order valence-electron chi connectivity index (χ4n) is 4.32. The number of anilines is 2. The molecule has 0 aromatic heterocycles. The molecule has 0 saturated carbocycles. The summed E-state index contributed by atoms with van der Waals surface area (Å²) in [6.07, 6.45) is 2.38. The molecule has 1 N–H and O–H groups in total. The van der Waals surface area contributed by atoms with Crippen molar-refractivity contribution in [3.05, 3.63) is 57.6 Å². The van der Waals surface area contributed by atoms with Crippen LogP contribution in [0.3, 0.4) is 0 Å². The summed E-state index contributed by atoms with van der Waals surface area (Å²) >= 11 is 0. The van der Waals surface area contributed by atoms with Crippen LogP contribution in [0, 0.1) is 24.0 Å². The number of hydrogen-bond donors (Lipinski definition) is 1. The Balaban J connectivity index is 1.53. The van der Waals surface area contributed by atoms with Gasteiger partial charge in [0.25, 0.3) is 11.6 Å². The van der Waals surface area contributed by atoms with Gasteiger partial charge in [-0.25, -0.2) is 0 Å². The Kier molecular flexibility index (Phi) is 6.48. The van der Waals surface area contributed by atoms with Crippen molar-refractivity contribution in [2.75, 3.05) is 36.4 Å². The average molecular weight is 453 g/mol. The molecule has 0 radical (unpaired) electrons. The molecule has 4 rings (SSSR count). The Morgan fingerprint density at radius 1 is 1.12 bits per heavy atom. The van der Waals surface area contributed by atoms with Gasteiger partial charge in [0.05, 0.1) is 23.7 Å². The number of fused-ring (bicyclic) bond motifs is 1. The molecule has 33 heavy (non-hydrogen) atoms. The average Bonchev–Trinajstić information content (AvgIpc) is 2.81. The van der Waals surface area contributed by atoms with Gasteiger partial charge in [0.1, 0.15) is 11.4 Å². The fraction of sp³-hybridized carbons (Fsp3) is 0.417. The largest absolute Gasteiger partial charge is 0.477 e. The standard InChI is InChI=1S/C24H28N4O5/c1-16-12-18(20(28(31)32)13-17(16)2)25-23(29)15-27-14-22(24(30)26-10-6-3-7-11-26)33-21-9-5-4-8-19(21)27/h4-5,8-9,12-13,22H,3,6-7,10-11,14-15H2,1-2H3,(H,25,29). The Labute approximate surface area is 192 Å². The summed E-state index contributed by atoms with van der Waals surface area (Å²) in [5.41, 5.74) is 2.35. The van der Waals surface area contributed by atoms with Crippen LogP contribution in [0.15, 0.2) is 36.4 Å². The lowest BCUT2D eigenvalue weighted by Gasteiger charge is -2.38. The van der Waals surface area contributed by atoms with Crippen LogP contribution in [-0.2, 0) is 9.59 Å². The van der Waals surface area contributed by atoms with Crippen LogP contribution in [0.5, 0.6) is 5.75 Å². The molecular weight excluding hydrogens is 424 g/mol. The zero-order valence-electron chi connectivity index (χ0n) is 18.9. The first kappa shape index (κ1) is 22.6. The minimum atomic E-state index is -0.707. The number of nitrogens with zero attached hydrogens (tertiary/aromatic N) is 3.